The Morgan fingerprint density at radius 1 is 1.41 bits per heavy atom. The lowest BCUT2D eigenvalue weighted by atomic mass is 10.1. The first-order valence-corrected chi connectivity index (χ1v) is 5.97. The second-order valence-corrected chi connectivity index (χ2v) is 4.77. The average molecular weight is 233 g/mol. The van der Waals surface area contributed by atoms with Crippen LogP contribution in [0.2, 0.25) is 0 Å². The van der Waals surface area contributed by atoms with Crippen LogP contribution in [0.5, 0.6) is 0 Å². The van der Waals surface area contributed by atoms with E-state index in [-0.39, 0.29) is 6.61 Å². The molecule has 0 saturated carbocycles. The highest BCUT2D eigenvalue weighted by Crippen LogP contribution is 2.20. The molecule has 0 bridgehead atoms. The smallest absolute Gasteiger partial charge is 0.135 e. The zero-order valence-electron chi connectivity index (χ0n) is 10.3. The first kappa shape index (κ1) is 11.9. The van der Waals surface area contributed by atoms with Crippen molar-refractivity contribution in [3.8, 4) is 0 Å². The molecule has 0 radical (unpaired) electrons. The number of aliphatic hydroxyl groups is 1. The molecule has 0 amide bonds. The van der Waals surface area contributed by atoms with Crippen molar-refractivity contribution in [2.24, 2.45) is 5.92 Å². The van der Waals surface area contributed by atoms with Gasteiger partial charge >= 0.3 is 0 Å². The van der Waals surface area contributed by atoms with Crippen molar-refractivity contribution >= 4 is 16.7 Å². The highest BCUT2D eigenvalue weighted by atomic mass is 16.3. The van der Waals surface area contributed by atoms with Crippen LogP contribution in [-0.2, 0) is 13.2 Å². The molecule has 0 aliphatic heterocycles. The number of hydrogen-bond donors (Lipinski definition) is 2. The number of aromatic nitrogens is 2. The molecular formula is C13H19N3O. The summed E-state index contributed by atoms with van der Waals surface area (Å²) in [7, 11) is 0. The number of benzene rings is 1. The largest absolute Gasteiger partial charge is 0.399 e. The Kier molecular flexibility index (Phi) is 3.33. The van der Waals surface area contributed by atoms with Crippen molar-refractivity contribution in [2.45, 2.75) is 33.4 Å². The molecule has 1 aromatic carbocycles. The summed E-state index contributed by atoms with van der Waals surface area (Å²) in [6, 6.07) is 5.69. The number of nitrogens with two attached hydrogens (primary N) is 1. The molecule has 4 nitrogen and oxygen atoms in total. The quantitative estimate of drug-likeness (QED) is 0.795. The average Bonchev–Trinajstić information content (AvgIpc) is 2.63. The standard InChI is InChI=1S/C13H19N3O/c1-9(2)5-6-16-12-4-3-10(14)7-11(12)15-13(16)8-17/h3-4,7,9,17H,5-6,8,14H2,1-2H3. The summed E-state index contributed by atoms with van der Waals surface area (Å²) in [5, 5.41) is 9.34. The number of imidazole rings is 1. The van der Waals surface area contributed by atoms with Crippen molar-refractivity contribution in [1.29, 1.82) is 0 Å². The van der Waals surface area contributed by atoms with Gasteiger partial charge in [-0.25, -0.2) is 4.98 Å². The van der Waals surface area contributed by atoms with Gasteiger partial charge in [-0.3, -0.25) is 0 Å². The van der Waals surface area contributed by atoms with Gasteiger partial charge in [-0.15, -0.1) is 0 Å². The molecular weight excluding hydrogens is 214 g/mol. The zero-order valence-corrected chi connectivity index (χ0v) is 10.3. The Morgan fingerprint density at radius 3 is 2.82 bits per heavy atom. The molecule has 3 N–H and O–H groups in total. The maximum atomic E-state index is 9.34. The van der Waals surface area contributed by atoms with Crippen LogP contribution in [0.1, 0.15) is 26.1 Å². The molecule has 1 aromatic heterocycles. The van der Waals surface area contributed by atoms with E-state index in [1.807, 2.05) is 18.2 Å². The maximum Gasteiger partial charge on any atom is 0.135 e. The third-order valence-electron chi connectivity index (χ3n) is 2.92. The molecule has 1 heterocycles. The summed E-state index contributed by atoms with van der Waals surface area (Å²) < 4.78 is 2.08. The summed E-state index contributed by atoms with van der Waals surface area (Å²) in [5.41, 5.74) is 8.34. The number of anilines is 1. The van der Waals surface area contributed by atoms with Crippen molar-refractivity contribution in [2.75, 3.05) is 5.73 Å². The van der Waals surface area contributed by atoms with Crippen molar-refractivity contribution in [1.82, 2.24) is 9.55 Å². The molecule has 92 valence electrons. The minimum absolute atomic E-state index is 0.0350. The second kappa shape index (κ2) is 4.75. The van der Waals surface area contributed by atoms with Crippen LogP contribution >= 0.6 is 0 Å². The van der Waals surface area contributed by atoms with Crippen molar-refractivity contribution < 1.29 is 5.11 Å². The van der Waals surface area contributed by atoms with Crippen LogP contribution in [0.4, 0.5) is 5.69 Å². The number of fused-ring (bicyclic) bond motifs is 1. The van der Waals surface area contributed by atoms with E-state index in [0.29, 0.717) is 17.4 Å². The number of aliphatic hydroxyl groups excluding tert-OH is 1. The number of rotatable bonds is 4. The van der Waals surface area contributed by atoms with Crippen molar-refractivity contribution in [3.63, 3.8) is 0 Å². The number of hydrogen-bond acceptors (Lipinski definition) is 3. The molecule has 0 unspecified atom stereocenters. The van der Waals surface area contributed by atoms with Gasteiger partial charge in [0.1, 0.15) is 12.4 Å². The summed E-state index contributed by atoms with van der Waals surface area (Å²) in [6.45, 7) is 5.23. The van der Waals surface area contributed by atoms with E-state index in [4.69, 9.17) is 5.73 Å². The highest BCUT2D eigenvalue weighted by Gasteiger charge is 2.10. The molecule has 0 aliphatic carbocycles. The molecule has 0 atom stereocenters. The number of aryl methyl sites for hydroxylation is 1. The summed E-state index contributed by atoms with van der Waals surface area (Å²) >= 11 is 0. The number of nitrogens with zero attached hydrogens (tertiary/aromatic N) is 2. The third-order valence-corrected chi connectivity index (χ3v) is 2.92. The van der Waals surface area contributed by atoms with E-state index < -0.39 is 0 Å². The summed E-state index contributed by atoms with van der Waals surface area (Å²) in [6.07, 6.45) is 1.07. The minimum Gasteiger partial charge on any atom is -0.399 e. The topological polar surface area (TPSA) is 64.1 Å². The zero-order chi connectivity index (χ0) is 12.4. The molecule has 2 rings (SSSR count). The van der Waals surface area contributed by atoms with Crippen LogP contribution in [0.3, 0.4) is 0 Å². The van der Waals surface area contributed by atoms with Gasteiger partial charge in [0.05, 0.1) is 11.0 Å². The Balaban J connectivity index is 2.43. The molecule has 0 saturated heterocycles. The van der Waals surface area contributed by atoms with E-state index in [0.717, 1.165) is 24.0 Å². The third kappa shape index (κ3) is 2.42. The van der Waals surface area contributed by atoms with Crippen LogP contribution in [0, 0.1) is 5.92 Å². The fraction of sp³-hybridized carbons (Fsp3) is 0.462. The fourth-order valence-corrected chi connectivity index (χ4v) is 1.95. The molecule has 2 aromatic rings. The van der Waals surface area contributed by atoms with E-state index >= 15 is 0 Å². The van der Waals surface area contributed by atoms with E-state index in [1.54, 1.807) is 0 Å². The number of nitrogen functional groups attached to an aromatic ring is 1. The van der Waals surface area contributed by atoms with Gasteiger partial charge in [0.15, 0.2) is 0 Å². The van der Waals surface area contributed by atoms with Gasteiger partial charge < -0.3 is 15.4 Å². The Bertz CT molecular complexity index is 517. The lowest BCUT2D eigenvalue weighted by Crippen LogP contribution is -2.06. The van der Waals surface area contributed by atoms with Gasteiger partial charge in [0.2, 0.25) is 0 Å². The van der Waals surface area contributed by atoms with Gasteiger partial charge in [0, 0.05) is 12.2 Å². The fourth-order valence-electron chi connectivity index (χ4n) is 1.95. The molecule has 0 fully saturated rings. The Morgan fingerprint density at radius 2 is 2.18 bits per heavy atom. The predicted molar refractivity (Wildman–Crippen MR) is 69.5 cm³/mol. The van der Waals surface area contributed by atoms with Crippen molar-refractivity contribution in [3.05, 3.63) is 24.0 Å². The van der Waals surface area contributed by atoms with E-state index in [9.17, 15) is 5.11 Å². The van der Waals surface area contributed by atoms with E-state index in [1.165, 1.54) is 0 Å². The molecule has 17 heavy (non-hydrogen) atoms. The molecule has 0 spiro atoms. The Hall–Kier alpha value is -1.55. The minimum atomic E-state index is -0.0350. The van der Waals surface area contributed by atoms with E-state index in [2.05, 4.69) is 23.4 Å². The van der Waals surface area contributed by atoms with Crippen LogP contribution in [0.25, 0.3) is 11.0 Å². The first-order chi connectivity index (χ1) is 8.11. The van der Waals surface area contributed by atoms with Gasteiger partial charge in [-0.2, -0.15) is 0 Å². The second-order valence-electron chi connectivity index (χ2n) is 4.77. The lowest BCUT2D eigenvalue weighted by molar-refractivity contribution is 0.264. The normalized spacial score (nSPS) is 11.5. The molecule has 0 aliphatic rings. The summed E-state index contributed by atoms with van der Waals surface area (Å²) in [5.74, 6) is 1.35. The highest BCUT2D eigenvalue weighted by molar-refractivity contribution is 5.79. The predicted octanol–water partition coefficient (Wildman–Crippen LogP) is 2.16. The monoisotopic (exact) mass is 233 g/mol. The lowest BCUT2D eigenvalue weighted by Gasteiger charge is -2.09. The first-order valence-electron chi connectivity index (χ1n) is 5.97. The van der Waals surface area contributed by atoms with Crippen LogP contribution in [-0.4, -0.2) is 14.7 Å². The summed E-state index contributed by atoms with van der Waals surface area (Å²) in [4.78, 5) is 4.40. The Labute approximate surface area is 101 Å². The van der Waals surface area contributed by atoms with Gasteiger partial charge in [-0.1, -0.05) is 13.8 Å². The van der Waals surface area contributed by atoms with Gasteiger partial charge in [-0.05, 0) is 30.5 Å². The molecule has 4 heteroatoms. The van der Waals surface area contributed by atoms with Gasteiger partial charge in [0.25, 0.3) is 0 Å². The van der Waals surface area contributed by atoms with Crippen LogP contribution in [0.15, 0.2) is 18.2 Å². The van der Waals surface area contributed by atoms with Crippen LogP contribution < -0.4 is 5.73 Å². The maximum absolute atomic E-state index is 9.34. The SMILES string of the molecule is CC(C)CCn1c(CO)nc2cc(N)ccc21.